The third kappa shape index (κ3) is 3.42. The summed E-state index contributed by atoms with van der Waals surface area (Å²) in [6, 6.07) is 6.03. The molecule has 0 spiro atoms. The molecule has 6 nitrogen and oxygen atoms in total. The molecule has 78 valence electrons. The minimum absolute atomic E-state index is 0.171. The topological polar surface area (TPSA) is 104 Å². The van der Waals surface area contributed by atoms with Gasteiger partial charge in [-0.15, -0.1) is 0 Å². The van der Waals surface area contributed by atoms with E-state index in [1.54, 1.807) is 12.1 Å². The normalized spacial score (nSPS) is 14.4. The molecule has 8 heteroatoms. The SMILES string of the molecule is O=S([O-])Nc1ccccc1NS(=O)[O-]. The Morgan fingerprint density at radius 3 is 1.57 bits per heavy atom. The first-order chi connectivity index (χ1) is 6.59. The lowest BCUT2D eigenvalue weighted by Gasteiger charge is -2.15. The minimum atomic E-state index is -2.48. The molecule has 0 heterocycles. The molecule has 0 bridgehead atoms. The highest BCUT2D eigenvalue weighted by Gasteiger charge is 1.99. The van der Waals surface area contributed by atoms with Crippen molar-refractivity contribution in [1.82, 2.24) is 0 Å². The van der Waals surface area contributed by atoms with Crippen LogP contribution < -0.4 is 9.44 Å². The largest absolute Gasteiger partial charge is 0.755 e. The monoisotopic (exact) mass is 234 g/mol. The van der Waals surface area contributed by atoms with Crippen LogP contribution in [-0.2, 0) is 22.5 Å². The van der Waals surface area contributed by atoms with E-state index in [0.29, 0.717) is 0 Å². The summed E-state index contributed by atoms with van der Waals surface area (Å²) in [6.07, 6.45) is 0. The zero-order valence-electron chi connectivity index (χ0n) is 6.76. The van der Waals surface area contributed by atoms with E-state index in [9.17, 15) is 17.5 Å². The van der Waals surface area contributed by atoms with Crippen molar-refractivity contribution in [3.63, 3.8) is 0 Å². The molecule has 2 atom stereocenters. The summed E-state index contributed by atoms with van der Waals surface area (Å²) in [5.74, 6) is 0. The highest BCUT2D eigenvalue weighted by Crippen LogP contribution is 2.21. The van der Waals surface area contributed by atoms with Crippen LogP contribution in [-0.4, -0.2) is 17.5 Å². The number of benzene rings is 1. The Hall–Kier alpha value is -0.960. The van der Waals surface area contributed by atoms with Gasteiger partial charge < -0.3 is 18.5 Å². The van der Waals surface area contributed by atoms with Crippen molar-refractivity contribution in [2.75, 3.05) is 9.44 Å². The van der Waals surface area contributed by atoms with Crippen LogP contribution in [0.25, 0.3) is 0 Å². The van der Waals surface area contributed by atoms with Gasteiger partial charge in [-0.1, -0.05) is 12.1 Å². The Balaban J connectivity index is 2.90. The Morgan fingerprint density at radius 1 is 0.929 bits per heavy atom. The summed E-state index contributed by atoms with van der Waals surface area (Å²) in [5, 5.41) is 0. The summed E-state index contributed by atoms with van der Waals surface area (Å²) >= 11 is -4.97. The van der Waals surface area contributed by atoms with Crippen LogP contribution in [0, 0.1) is 0 Å². The molecule has 1 aromatic rings. The van der Waals surface area contributed by atoms with Crippen molar-refractivity contribution < 1.29 is 17.5 Å². The average molecular weight is 234 g/mol. The summed E-state index contributed by atoms with van der Waals surface area (Å²) in [6.45, 7) is 0. The lowest BCUT2D eigenvalue weighted by Crippen LogP contribution is -2.08. The maximum Gasteiger partial charge on any atom is 0.0694 e. The van der Waals surface area contributed by atoms with E-state index in [-0.39, 0.29) is 11.4 Å². The van der Waals surface area contributed by atoms with Crippen molar-refractivity contribution in [1.29, 1.82) is 0 Å². The van der Waals surface area contributed by atoms with Gasteiger partial charge in [0.1, 0.15) is 0 Å². The molecule has 0 aromatic heterocycles. The molecule has 1 aromatic carbocycles. The molecule has 0 aliphatic heterocycles. The Labute approximate surface area is 85.6 Å². The van der Waals surface area contributed by atoms with Gasteiger partial charge in [0, 0.05) is 22.5 Å². The first kappa shape index (κ1) is 11.1. The Morgan fingerprint density at radius 2 is 1.29 bits per heavy atom. The third-order valence-electron chi connectivity index (χ3n) is 1.31. The fourth-order valence-electron chi connectivity index (χ4n) is 0.841. The first-order valence-corrected chi connectivity index (χ1v) is 5.55. The van der Waals surface area contributed by atoms with E-state index in [4.69, 9.17) is 0 Å². The number of nitrogens with one attached hydrogen (secondary N) is 2. The Kier molecular flexibility index (Phi) is 4.01. The van der Waals surface area contributed by atoms with E-state index in [1.165, 1.54) is 12.1 Å². The first-order valence-electron chi connectivity index (χ1n) is 3.40. The maximum absolute atomic E-state index is 10.3. The van der Waals surface area contributed by atoms with E-state index < -0.39 is 22.5 Å². The van der Waals surface area contributed by atoms with Gasteiger partial charge in [-0.3, -0.25) is 8.42 Å². The quantitative estimate of drug-likeness (QED) is 0.721. The van der Waals surface area contributed by atoms with Gasteiger partial charge in [0.25, 0.3) is 0 Å². The lowest BCUT2D eigenvalue weighted by atomic mass is 10.3. The molecule has 0 radical (unpaired) electrons. The fourth-order valence-corrected chi connectivity index (χ4v) is 1.56. The predicted molar refractivity (Wildman–Crippen MR) is 51.5 cm³/mol. The minimum Gasteiger partial charge on any atom is -0.755 e. The van der Waals surface area contributed by atoms with Crippen molar-refractivity contribution >= 4 is 33.9 Å². The molecule has 0 aliphatic rings. The van der Waals surface area contributed by atoms with Crippen LogP contribution in [0.1, 0.15) is 0 Å². The second kappa shape index (κ2) is 5.05. The molecule has 14 heavy (non-hydrogen) atoms. The van der Waals surface area contributed by atoms with Gasteiger partial charge in [-0.2, -0.15) is 0 Å². The zero-order chi connectivity index (χ0) is 10.6. The maximum atomic E-state index is 10.3. The molecule has 2 unspecified atom stereocenters. The van der Waals surface area contributed by atoms with Crippen molar-refractivity contribution in [3.05, 3.63) is 24.3 Å². The van der Waals surface area contributed by atoms with Gasteiger partial charge >= 0.3 is 0 Å². The van der Waals surface area contributed by atoms with Gasteiger partial charge in [-0.25, -0.2) is 0 Å². The molecule has 0 fully saturated rings. The predicted octanol–water partition coefficient (Wildman–Crippen LogP) is 0.0986. The molecular weight excluding hydrogens is 228 g/mol. The highest BCUT2D eigenvalue weighted by atomic mass is 32.2. The molecule has 2 N–H and O–H groups in total. The number of rotatable bonds is 4. The van der Waals surface area contributed by atoms with E-state index in [1.807, 2.05) is 0 Å². The lowest BCUT2D eigenvalue weighted by molar-refractivity contribution is 0.540. The van der Waals surface area contributed by atoms with Gasteiger partial charge in [0.05, 0.1) is 11.4 Å². The standard InChI is InChI=1S/C6H8N2O4S2/c9-13(10)7-5-3-1-2-4-6(5)8-14(11)12/h1-4,7-8H,(H,9,10)(H,11,12)/p-2. The second-order valence-corrected chi connectivity index (χ2v) is 3.57. The third-order valence-corrected chi connectivity index (χ3v) is 2.09. The zero-order valence-corrected chi connectivity index (χ0v) is 8.39. The number of anilines is 2. The van der Waals surface area contributed by atoms with Crippen LogP contribution in [0.15, 0.2) is 24.3 Å². The summed E-state index contributed by atoms with van der Waals surface area (Å²) in [4.78, 5) is 0. The van der Waals surface area contributed by atoms with E-state index in [2.05, 4.69) is 9.44 Å². The molecule has 1 rings (SSSR count). The average Bonchev–Trinajstić information content (AvgIpc) is 2.06. The van der Waals surface area contributed by atoms with Crippen LogP contribution in [0.2, 0.25) is 0 Å². The molecule has 0 saturated heterocycles. The molecule has 0 aliphatic carbocycles. The second-order valence-electron chi connectivity index (χ2n) is 2.22. The van der Waals surface area contributed by atoms with Crippen molar-refractivity contribution in [3.8, 4) is 0 Å². The molecule has 0 saturated carbocycles. The van der Waals surface area contributed by atoms with Crippen molar-refractivity contribution in [2.45, 2.75) is 0 Å². The van der Waals surface area contributed by atoms with Crippen LogP contribution in [0.4, 0.5) is 11.4 Å². The summed E-state index contributed by atoms with van der Waals surface area (Å²) in [7, 11) is 0. The molecular formula is C6H6N2O4S2-2. The smallest absolute Gasteiger partial charge is 0.0694 e. The number of hydrogen-bond acceptors (Lipinski definition) is 4. The van der Waals surface area contributed by atoms with Crippen molar-refractivity contribution in [2.24, 2.45) is 0 Å². The van der Waals surface area contributed by atoms with Gasteiger partial charge in [-0.05, 0) is 12.1 Å². The van der Waals surface area contributed by atoms with Crippen LogP contribution in [0.5, 0.6) is 0 Å². The van der Waals surface area contributed by atoms with Gasteiger partial charge in [0.2, 0.25) is 0 Å². The number of hydrogen-bond donors (Lipinski definition) is 2. The van der Waals surface area contributed by atoms with E-state index in [0.717, 1.165) is 0 Å². The van der Waals surface area contributed by atoms with E-state index >= 15 is 0 Å². The van der Waals surface area contributed by atoms with Crippen LogP contribution in [0.3, 0.4) is 0 Å². The van der Waals surface area contributed by atoms with Gasteiger partial charge in [0.15, 0.2) is 0 Å². The highest BCUT2D eigenvalue weighted by molar-refractivity contribution is 7.81. The molecule has 0 amide bonds. The number of para-hydroxylation sites is 2. The fraction of sp³-hybridized carbons (Fsp3) is 0. The summed E-state index contributed by atoms with van der Waals surface area (Å²) < 4.78 is 45.4. The van der Waals surface area contributed by atoms with Crippen LogP contribution >= 0.6 is 0 Å². The Bertz CT molecular complexity index is 336. The summed E-state index contributed by atoms with van der Waals surface area (Å²) in [5.41, 5.74) is 0.343.